The maximum absolute atomic E-state index is 12.8. The minimum atomic E-state index is -1.06. The van der Waals surface area contributed by atoms with E-state index in [2.05, 4.69) is 13.8 Å². The first-order valence-corrected chi connectivity index (χ1v) is 10.6. The molecule has 156 valence electrons. The smallest absolute Gasteiger partial charge is 0.248 e. The van der Waals surface area contributed by atoms with Gasteiger partial charge in [-0.1, -0.05) is 32.4 Å². The summed E-state index contributed by atoms with van der Waals surface area (Å²) in [5.74, 6) is 1.66. The number of primary amides is 1. The third-order valence-electron chi connectivity index (χ3n) is 7.02. The van der Waals surface area contributed by atoms with Crippen LogP contribution in [-0.2, 0) is 16.1 Å². The maximum Gasteiger partial charge on any atom is 0.248 e. The lowest BCUT2D eigenvalue weighted by molar-refractivity contribution is -0.510. The average molecular weight is 389 g/mol. The van der Waals surface area contributed by atoms with Crippen LogP contribution < -0.4 is 10.8 Å². The normalized spacial score (nSPS) is 32.8. The second-order valence-corrected chi connectivity index (χ2v) is 8.87. The van der Waals surface area contributed by atoms with Gasteiger partial charge in [0.1, 0.15) is 0 Å². The first-order valence-electron chi connectivity index (χ1n) is 10.6. The van der Waals surface area contributed by atoms with Crippen LogP contribution in [0.25, 0.3) is 0 Å². The van der Waals surface area contributed by atoms with E-state index in [1.165, 1.54) is 12.8 Å². The van der Waals surface area contributed by atoms with Crippen molar-refractivity contribution in [3.05, 3.63) is 35.4 Å². The summed E-state index contributed by atoms with van der Waals surface area (Å²) < 4.78 is 11.7. The number of carbonyl (C=O) groups is 1. The molecule has 1 aliphatic carbocycles. The van der Waals surface area contributed by atoms with E-state index in [9.17, 15) is 9.90 Å². The van der Waals surface area contributed by atoms with Crippen LogP contribution in [0.3, 0.4) is 0 Å². The fourth-order valence-corrected chi connectivity index (χ4v) is 5.10. The largest absolute Gasteiger partial charge is 0.831 e. The van der Waals surface area contributed by atoms with Crippen LogP contribution in [0.1, 0.15) is 62.4 Å². The van der Waals surface area contributed by atoms with E-state index >= 15 is 0 Å². The van der Waals surface area contributed by atoms with Crippen molar-refractivity contribution in [1.29, 1.82) is 0 Å². The fraction of sp³-hybridized carbons (Fsp3) is 0.696. The molecule has 7 atom stereocenters. The van der Waals surface area contributed by atoms with E-state index in [0.29, 0.717) is 35.3 Å². The second kappa shape index (κ2) is 9.38. The van der Waals surface area contributed by atoms with Gasteiger partial charge in [-0.15, -0.1) is 0 Å². The predicted octanol–water partition coefficient (Wildman–Crippen LogP) is 3.10. The predicted molar refractivity (Wildman–Crippen MR) is 106 cm³/mol. The molecule has 1 aromatic rings. The molecule has 5 heteroatoms. The third kappa shape index (κ3) is 4.94. The fourth-order valence-electron chi connectivity index (χ4n) is 5.10. The van der Waals surface area contributed by atoms with Crippen LogP contribution in [-0.4, -0.2) is 24.9 Å². The molecule has 0 radical (unpaired) electrons. The Labute approximate surface area is 168 Å². The summed E-state index contributed by atoms with van der Waals surface area (Å²) in [4.78, 5) is 11.2. The van der Waals surface area contributed by atoms with Gasteiger partial charge in [0.05, 0.1) is 19.3 Å². The van der Waals surface area contributed by atoms with Gasteiger partial charge < -0.3 is 20.3 Å². The Hall–Kier alpha value is -1.43. The highest BCUT2D eigenvalue weighted by molar-refractivity contribution is 5.92. The molecule has 2 fully saturated rings. The number of ether oxygens (including phenoxy) is 2. The van der Waals surface area contributed by atoms with Crippen molar-refractivity contribution in [1.82, 2.24) is 0 Å². The van der Waals surface area contributed by atoms with Crippen molar-refractivity contribution in [3.8, 4) is 0 Å². The Morgan fingerprint density at radius 3 is 2.57 bits per heavy atom. The molecule has 1 heterocycles. The highest BCUT2D eigenvalue weighted by atomic mass is 16.6. The van der Waals surface area contributed by atoms with Crippen LogP contribution in [0.5, 0.6) is 0 Å². The number of hydrogen-bond donors (Lipinski definition) is 1. The van der Waals surface area contributed by atoms with E-state index in [0.717, 1.165) is 25.0 Å². The van der Waals surface area contributed by atoms with Gasteiger partial charge in [0.2, 0.25) is 5.91 Å². The zero-order chi connectivity index (χ0) is 20.3. The van der Waals surface area contributed by atoms with Crippen molar-refractivity contribution < 1.29 is 19.4 Å². The van der Waals surface area contributed by atoms with Crippen LogP contribution in [0.4, 0.5) is 0 Å². The summed E-state index contributed by atoms with van der Waals surface area (Å²) in [5, 5.41) is 12.8. The van der Waals surface area contributed by atoms with E-state index in [-0.39, 0.29) is 12.5 Å². The number of carbonyl (C=O) groups excluding carboxylic acids is 1. The molecule has 0 spiro atoms. The lowest BCUT2D eigenvalue weighted by atomic mass is 9.62. The molecule has 0 bridgehead atoms. The molecule has 2 unspecified atom stereocenters. The Morgan fingerprint density at radius 2 is 1.89 bits per heavy atom. The molecule has 1 aromatic carbocycles. The highest BCUT2D eigenvalue weighted by Gasteiger charge is 2.41. The quantitative estimate of drug-likeness (QED) is 0.759. The van der Waals surface area contributed by atoms with Gasteiger partial charge in [-0.3, -0.25) is 4.79 Å². The van der Waals surface area contributed by atoms with Gasteiger partial charge in [0.25, 0.3) is 0 Å². The van der Waals surface area contributed by atoms with Gasteiger partial charge >= 0.3 is 0 Å². The SMILES string of the molecule is CC1CC[C@@H]2C(CO1)[C@H]([C@@H](C)[C@H]([O-])OCc1ccc(C(N)=O)cc1)CC[C@H]2C. The standard InChI is InChI=1S/C23H34NO4/c1-14-4-10-20(21-13-27-15(2)5-11-19(14)21)16(3)23(26)28-12-17-6-8-18(9-7-17)22(24)25/h6-9,14-16,19-21,23H,4-5,10-13H2,1-3H3,(H2,24,25)/q-1/t14-,15?,16-,19+,20+,21?,23-/m1/s1. The zero-order valence-corrected chi connectivity index (χ0v) is 17.3. The van der Waals surface area contributed by atoms with Gasteiger partial charge in [-0.05, 0) is 79.8 Å². The van der Waals surface area contributed by atoms with E-state index < -0.39 is 12.2 Å². The summed E-state index contributed by atoms with van der Waals surface area (Å²) in [6.07, 6.45) is 3.84. The number of amides is 1. The topological polar surface area (TPSA) is 84.6 Å². The second-order valence-electron chi connectivity index (χ2n) is 8.87. The molecule has 2 N–H and O–H groups in total. The van der Waals surface area contributed by atoms with Gasteiger partial charge in [0.15, 0.2) is 0 Å². The molecule has 3 rings (SSSR count). The summed E-state index contributed by atoms with van der Waals surface area (Å²) in [7, 11) is 0. The molecule has 1 amide bonds. The molecular weight excluding hydrogens is 354 g/mol. The molecule has 5 nitrogen and oxygen atoms in total. The molecule has 1 saturated heterocycles. The minimum absolute atomic E-state index is 0.0538. The molecule has 0 aromatic heterocycles. The Bertz CT molecular complexity index is 647. The Morgan fingerprint density at radius 1 is 1.18 bits per heavy atom. The van der Waals surface area contributed by atoms with Crippen LogP contribution >= 0.6 is 0 Å². The maximum atomic E-state index is 12.8. The number of rotatable bonds is 6. The summed E-state index contributed by atoms with van der Waals surface area (Å²) in [6, 6.07) is 6.91. The van der Waals surface area contributed by atoms with Gasteiger partial charge in [-0.2, -0.15) is 0 Å². The number of benzene rings is 1. The first kappa shape index (κ1) is 21.3. The average Bonchev–Trinajstić information content (AvgIpc) is 2.89. The molecular formula is C23H34NO4-. The van der Waals surface area contributed by atoms with E-state index in [4.69, 9.17) is 15.2 Å². The summed E-state index contributed by atoms with van der Waals surface area (Å²) in [6.45, 7) is 7.58. The van der Waals surface area contributed by atoms with Crippen molar-refractivity contribution in [3.63, 3.8) is 0 Å². The molecule has 2 aliphatic rings. The number of nitrogens with two attached hydrogens (primary N) is 1. The van der Waals surface area contributed by atoms with Crippen LogP contribution in [0.2, 0.25) is 0 Å². The number of hydrogen-bond acceptors (Lipinski definition) is 4. The van der Waals surface area contributed by atoms with Crippen LogP contribution in [0, 0.1) is 29.6 Å². The Balaban J connectivity index is 1.60. The Kier molecular flexibility index (Phi) is 7.13. The van der Waals surface area contributed by atoms with E-state index in [1.807, 2.05) is 6.92 Å². The van der Waals surface area contributed by atoms with Crippen molar-refractivity contribution >= 4 is 5.91 Å². The molecule has 1 aliphatic heterocycles. The summed E-state index contributed by atoms with van der Waals surface area (Å²) >= 11 is 0. The molecule has 1 saturated carbocycles. The lowest BCUT2D eigenvalue weighted by Crippen LogP contribution is -2.46. The van der Waals surface area contributed by atoms with Crippen molar-refractivity contribution in [2.24, 2.45) is 35.3 Å². The van der Waals surface area contributed by atoms with Gasteiger partial charge in [-0.25, -0.2) is 0 Å². The highest BCUT2D eigenvalue weighted by Crippen LogP contribution is 2.46. The van der Waals surface area contributed by atoms with Crippen molar-refractivity contribution in [2.45, 2.75) is 65.5 Å². The van der Waals surface area contributed by atoms with Crippen molar-refractivity contribution in [2.75, 3.05) is 6.61 Å². The molecule has 28 heavy (non-hydrogen) atoms. The first-order chi connectivity index (χ1) is 13.4. The van der Waals surface area contributed by atoms with Gasteiger partial charge in [0, 0.05) is 5.56 Å². The zero-order valence-electron chi connectivity index (χ0n) is 17.3. The summed E-state index contributed by atoms with van der Waals surface area (Å²) in [5.41, 5.74) is 6.59. The van der Waals surface area contributed by atoms with Crippen LogP contribution in [0.15, 0.2) is 24.3 Å². The minimum Gasteiger partial charge on any atom is -0.831 e. The van der Waals surface area contributed by atoms with E-state index in [1.54, 1.807) is 24.3 Å². The monoisotopic (exact) mass is 388 g/mol. The number of fused-ring (bicyclic) bond motifs is 1. The third-order valence-corrected chi connectivity index (χ3v) is 7.02. The lowest BCUT2D eigenvalue weighted by Gasteiger charge is -2.46.